The Labute approximate surface area is 171 Å². The second kappa shape index (κ2) is 9.47. The van der Waals surface area contributed by atoms with Crippen molar-refractivity contribution in [3.8, 4) is 0 Å². The van der Waals surface area contributed by atoms with Crippen LogP contribution < -0.4 is 10.0 Å². The third kappa shape index (κ3) is 5.29. The minimum atomic E-state index is -3.69. The topological polar surface area (TPSA) is 75.3 Å². The van der Waals surface area contributed by atoms with E-state index in [-0.39, 0.29) is 10.8 Å². The third-order valence-electron chi connectivity index (χ3n) is 4.92. The molecule has 1 fully saturated rings. The lowest BCUT2D eigenvalue weighted by Gasteiger charge is -2.14. The fourth-order valence-corrected chi connectivity index (χ4v) is 5.70. The Morgan fingerprint density at radius 1 is 1.07 bits per heavy atom. The first-order valence-electron chi connectivity index (χ1n) is 9.54. The molecule has 2 aromatic carbocycles. The lowest BCUT2D eigenvalue weighted by molar-refractivity contribution is 0.0955. The molecule has 3 rings (SSSR count). The molecule has 1 aliphatic rings. The second-order valence-corrected chi connectivity index (χ2v) is 10.0. The first-order chi connectivity index (χ1) is 13.5. The average molecular weight is 419 g/mol. The summed E-state index contributed by atoms with van der Waals surface area (Å²) in [5, 5.41) is 3.68. The summed E-state index contributed by atoms with van der Waals surface area (Å²) >= 11 is 1.93. The summed E-state index contributed by atoms with van der Waals surface area (Å²) in [6, 6.07) is 13.3. The number of carbonyl (C=O) groups is 1. The van der Waals surface area contributed by atoms with Crippen LogP contribution in [0.4, 0.5) is 5.69 Å². The molecule has 0 spiro atoms. The van der Waals surface area contributed by atoms with Crippen LogP contribution in [0.1, 0.15) is 41.6 Å². The van der Waals surface area contributed by atoms with Gasteiger partial charge in [0.05, 0.1) is 10.6 Å². The van der Waals surface area contributed by atoms with E-state index < -0.39 is 10.0 Å². The van der Waals surface area contributed by atoms with Crippen LogP contribution >= 0.6 is 11.8 Å². The van der Waals surface area contributed by atoms with E-state index in [2.05, 4.69) is 10.0 Å². The fourth-order valence-electron chi connectivity index (χ4n) is 3.34. The highest BCUT2D eigenvalue weighted by atomic mass is 32.2. The Bertz CT molecular complexity index is 909. The van der Waals surface area contributed by atoms with E-state index in [1.54, 1.807) is 43.3 Å². The molecule has 0 saturated heterocycles. The number of benzene rings is 2. The molecule has 28 heavy (non-hydrogen) atoms. The number of anilines is 1. The van der Waals surface area contributed by atoms with E-state index in [0.717, 1.165) is 11.0 Å². The number of thioether (sulfide) groups is 1. The molecule has 0 radical (unpaired) electrons. The molecule has 0 heterocycles. The Morgan fingerprint density at radius 2 is 1.79 bits per heavy atom. The van der Waals surface area contributed by atoms with Crippen LogP contribution in [0.3, 0.4) is 0 Å². The molecular formula is C21H26N2O3S2. The highest BCUT2D eigenvalue weighted by Crippen LogP contribution is 2.29. The predicted octanol–water partition coefficient (Wildman–Crippen LogP) is 4.20. The van der Waals surface area contributed by atoms with Crippen LogP contribution in [0.25, 0.3) is 0 Å². The number of nitrogens with one attached hydrogen (secondary N) is 2. The van der Waals surface area contributed by atoms with Gasteiger partial charge >= 0.3 is 0 Å². The van der Waals surface area contributed by atoms with Crippen LogP contribution in [0, 0.1) is 6.92 Å². The van der Waals surface area contributed by atoms with Crippen molar-refractivity contribution in [2.24, 2.45) is 0 Å². The molecule has 2 aromatic rings. The number of hydrogen-bond acceptors (Lipinski definition) is 4. The van der Waals surface area contributed by atoms with E-state index in [0.29, 0.717) is 23.4 Å². The summed E-state index contributed by atoms with van der Waals surface area (Å²) in [6.07, 6.45) is 5.19. The monoisotopic (exact) mass is 418 g/mol. The number of sulfonamides is 1. The maximum absolute atomic E-state index is 12.6. The molecule has 0 aromatic heterocycles. The molecule has 0 atom stereocenters. The highest BCUT2D eigenvalue weighted by molar-refractivity contribution is 7.99. The van der Waals surface area contributed by atoms with Crippen molar-refractivity contribution in [1.29, 1.82) is 0 Å². The number of carbonyl (C=O) groups excluding carboxylic acids is 1. The Kier molecular flexibility index (Phi) is 7.02. The van der Waals surface area contributed by atoms with Crippen molar-refractivity contribution in [2.75, 3.05) is 17.0 Å². The molecule has 0 unspecified atom stereocenters. The molecule has 150 valence electrons. The average Bonchev–Trinajstić information content (AvgIpc) is 3.21. The van der Waals surface area contributed by atoms with E-state index in [4.69, 9.17) is 0 Å². The van der Waals surface area contributed by atoms with Gasteiger partial charge in [-0.25, -0.2) is 8.42 Å². The minimum Gasteiger partial charge on any atom is -0.351 e. The zero-order valence-corrected chi connectivity index (χ0v) is 17.6. The zero-order chi connectivity index (χ0) is 20.0. The van der Waals surface area contributed by atoms with Crippen molar-refractivity contribution in [3.05, 3.63) is 59.7 Å². The SMILES string of the molecule is Cc1c(NS(=O)(=O)c2ccccc2)cccc1C(=O)NCCSC1CCCC1. The summed E-state index contributed by atoms with van der Waals surface area (Å²) in [5.41, 5.74) is 1.51. The van der Waals surface area contributed by atoms with Crippen LogP contribution in [0.5, 0.6) is 0 Å². The lowest BCUT2D eigenvalue weighted by Crippen LogP contribution is -2.27. The molecule has 0 aliphatic heterocycles. The zero-order valence-electron chi connectivity index (χ0n) is 16.0. The van der Waals surface area contributed by atoms with Crippen molar-refractivity contribution < 1.29 is 13.2 Å². The van der Waals surface area contributed by atoms with Crippen molar-refractivity contribution in [2.45, 2.75) is 42.8 Å². The van der Waals surface area contributed by atoms with Gasteiger partial charge in [0.25, 0.3) is 15.9 Å². The standard InChI is InChI=1S/C21H26N2O3S2/c1-16-19(21(24)22-14-15-27-17-8-5-6-9-17)12-7-13-20(16)23-28(25,26)18-10-3-2-4-11-18/h2-4,7,10-13,17,23H,5-6,8-9,14-15H2,1H3,(H,22,24). The quantitative estimate of drug-likeness (QED) is 0.630. The molecule has 1 saturated carbocycles. The van der Waals surface area contributed by atoms with Gasteiger partial charge in [0.15, 0.2) is 0 Å². The van der Waals surface area contributed by atoms with Gasteiger partial charge in [0.1, 0.15) is 0 Å². The summed E-state index contributed by atoms with van der Waals surface area (Å²) < 4.78 is 27.7. The Hall–Kier alpha value is -1.99. The van der Waals surface area contributed by atoms with Crippen LogP contribution in [0.2, 0.25) is 0 Å². The Morgan fingerprint density at radius 3 is 2.50 bits per heavy atom. The van der Waals surface area contributed by atoms with Gasteiger partial charge in [-0.15, -0.1) is 0 Å². The van der Waals surface area contributed by atoms with Crippen molar-refractivity contribution in [1.82, 2.24) is 5.32 Å². The van der Waals surface area contributed by atoms with Gasteiger partial charge in [0.2, 0.25) is 0 Å². The molecule has 1 aliphatic carbocycles. The van der Waals surface area contributed by atoms with E-state index in [1.165, 1.54) is 37.8 Å². The van der Waals surface area contributed by atoms with Crippen LogP contribution in [-0.2, 0) is 10.0 Å². The molecule has 7 heteroatoms. The first-order valence-corrected chi connectivity index (χ1v) is 12.1. The van der Waals surface area contributed by atoms with Crippen molar-refractivity contribution >= 4 is 33.4 Å². The number of amides is 1. The van der Waals surface area contributed by atoms with Gasteiger partial charge in [-0.2, -0.15) is 11.8 Å². The Balaban J connectivity index is 1.62. The minimum absolute atomic E-state index is 0.176. The van der Waals surface area contributed by atoms with Gasteiger partial charge in [-0.1, -0.05) is 37.1 Å². The van der Waals surface area contributed by atoms with Crippen molar-refractivity contribution in [3.63, 3.8) is 0 Å². The molecular weight excluding hydrogens is 392 g/mol. The van der Waals surface area contributed by atoms with Gasteiger partial charge < -0.3 is 5.32 Å². The van der Waals surface area contributed by atoms with Gasteiger partial charge in [0, 0.05) is 23.1 Å². The van der Waals surface area contributed by atoms with Gasteiger partial charge in [-0.3, -0.25) is 9.52 Å². The van der Waals surface area contributed by atoms with E-state index >= 15 is 0 Å². The van der Waals surface area contributed by atoms with E-state index in [9.17, 15) is 13.2 Å². The highest BCUT2D eigenvalue weighted by Gasteiger charge is 2.18. The summed E-state index contributed by atoms with van der Waals surface area (Å²) in [5.74, 6) is 0.723. The maximum atomic E-state index is 12.6. The first kappa shape index (κ1) is 20.7. The summed E-state index contributed by atoms with van der Waals surface area (Å²) in [6.45, 7) is 2.37. The summed E-state index contributed by atoms with van der Waals surface area (Å²) in [4.78, 5) is 12.7. The van der Waals surface area contributed by atoms with Gasteiger partial charge in [-0.05, 0) is 49.6 Å². The maximum Gasteiger partial charge on any atom is 0.261 e. The predicted molar refractivity (Wildman–Crippen MR) is 115 cm³/mol. The molecule has 1 amide bonds. The molecule has 0 bridgehead atoms. The summed E-state index contributed by atoms with van der Waals surface area (Å²) in [7, 11) is -3.69. The largest absolute Gasteiger partial charge is 0.351 e. The normalized spacial score (nSPS) is 14.8. The van der Waals surface area contributed by atoms with E-state index in [1.807, 2.05) is 11.8 Å². The number of hydrogen-bond donors (Lipinski definition) is 2. The second-order valence-electron chi connectivity index (χ2n) is 6.93. The molecule has 2 N–H and O–H groups in total. The van der Waals surface area contributed by atoms with Crippen LogP contribution in [-0.4, -0.2) is 31.9 Å². The number of rotatable bonds is 8. The lowest BCUT2D eigenvalue weighted by atomic mass is 10.1. The third-order valence-corrected chi connectivity index (χ3v) is 7.68. The smallest absolute Gasteiger partial charge is 0.261 e. The van der Waals surface area contributed by atoms with Crippen LogP contribution in [0.15, 0.2) is 53.4 Å². The molecule has 5 nitrogen and oxygen atoms in total. The fraction of sp³-hybridized carbons (Fsp3) is 0.381.